The Kier molecular flexibility index (Phi) is 8.07. The topological polar surface area (TPSA) is 85.3 Å². The van der Waals surface area contributed by atoms with Gasteiger partial charge < -0.3 is 15.2 Å². The summed E-state index contributed by atoms with van der Waals surface area (Å²) >= 11 is 1.69. The summed E-state index contributed by atoms with van der Waals surface area (Å²) in [5.41, 5.74) is 6.72. The van der Waals surface area contributed by atoms with E-state index in [2.05, 4.69) is 10.1 Å². The van der Waals surface area contributed by atoms with E-state index in [0.717, 1.165) is 18.6 Å². The van der Waals surface area contributed by atoms with Gasteiger partial charge in [-0.25, -0.2) is 4.39 Å². The fourth-order valence-electron chi connectivity index (χ4n) is 3.10. The van der Waals surface area contributed by atoms with Gasteiger partial charge in [0.2, 0.25) is 17.6 Å². The highest BCUT2D eigenvalue weighted by Gasteiger charge is 2.30. The maximum absolute atomic E-state index is 13.0. The van der Waals surface area contributed by atoms with Crippen LogP contribution in [0.2, 0.25) is 0 Å². The Bertz CT molecular complexity index is 743. The molecule has 1 fully saturated rings. The van der Waals surface area contributed by atoms with Crippen LogP contribution in [-0.4, -0.2) is 52.1 Å². The fourth-order valence-corrected chi connectivity index (χ4v) is 3.59. The average Bonchev–Trinajstić information content (AvgIpc) is 3.16. The molecule has 3 rings (SSSR count). The molecule has 1 aliphatic heterocycles. The maximum Gasteiger partial charge on any atom is 0.239 e. The lowest BCUT2D eigenvalue weighted by molar-refractivity contribution is -0.133. The van der Waals surface area contributed by atoms with Gasteiger partial charge in [-0.2, -0.15) is 16.7 Å². The Morgan fingerprint density at radius 3 is 2.89 bits per heavy atom. The molecule has 0 radical (unpaired) electrons. The van der Waals surface area contributed by atoms with Crippen molar-refractivity contribution in [2.45, 2.75) is 31.2 Å². The molecule has 1 aromatic heterocycles. The molecule has 0 aliphatic carbocycles. The molecule has 9 heteroatoms. The van der Waals surface area contributed by atoms with Gasteiger partial charge in [0, 0.05) is 18.7 Å². The molecule has 0 saturated carbocycles. The molecule has 2 aromatic rings. The highest BCUT2D eigenvalue weighted by molar-refractivity contribution is 7.98. The molecule has 1 aromatic carbocycles. The number of aromatic nitrogens is 2. The van der Waals surface area contributed by atoms with E-state index in [9.17, 15) is 9.18 Å². The number of thioether (sulfide) groups is 1. The van der Waals surface area contributed by atoms with Crippen molar-refractivity contribution in [2.24, 2.45) is 5.73 Å². The van der Waals surface area contributed by atoms with Gasteiger partial charge in [-0.05, 0) is 55.5 Å². The van der Waals surface area contributed by atoms with Gasteiger partial charge in [0.15, 0.2) is 0 Å². The lowest BCUT2D eigenvalue weighted by atomic mass is 9.97. The molecule has 2 atom stereocenters. The molecule has 1 aliphatic rings. The van der Waals surface area contributed by atoms with Crippen LogP contribution in [0.25, 0.3) is 11.4 Å². The van der Waals surface area contributed by atoms with Crippen LogP contribution in [-0.2, 0) is 4.79 Å². The highest BCUT2D eigenvalue weighted by Crippen LogP contribution is 2.28. The largest absolute Gasteiger partial charge is 0.341 e. The highest BCUT2D eigenvalue weighted by atomic mass is 35.5. The minimum Gasteiger partial charge on any atom is -0.341 e. The molecule has 0 bridgehead atoms. The first-order valence-corrected chi connectivity index (χ1v) is 10.1. The van der Waals surface area contributed by atoms with E-state index in [-0.39, 0.29) is 30.0 Å². The summed E-state index contributed by atoms with van der Waals surface area (Å²) in [6.07, 6.45) is 4.44. The third kappa shape index (κ3) is 5.43. The minimum absolute atomic E-state index is 0. The van der Waals surface area contributed by atoms with E-state index in [4.69, 9.17) is 10.3 Å². The number of halogens is 2. The molecule has 1 amide bonds. The Morgan fingerprint density at radius 2 is 2.19 bits per heavy atom. The van der Waals surface area contributed by atoms with Crippen molar-refractivity contribution >= 4 is 30.1 Å². The number of carbonyl (C=O) groups excluding carboxylic acids is 1. The summed E-state index contributed by atoms with van der Waals surface area (Å²) < 4.78 is 18.5. The number of hydrogen-bond acceptors (Lipinski definition) is 6. The standard InChI is InChI=1S/C18H23FN4O2S.ClH/c1-26-10-8-15(20)18(24)23-9-2-3-13(11-23)17-21-16(22-25-17)12-4-6-14(19)7-5-12;/h4-7,13,15H,2-3,8-11,20H2,1H3;1H/t13?,15-;/m0./s1. The van der Waals surface area contributed by atoms with E-state index in [1.807, 2.05) is 6.26 Å². The number of rotatable bonds is 6. The first-order valence-electron chi connectivity index (χ1n) is 8.71. The molecule has 2 heterocycles. The minimum atomic E-state index is -0.460. The first kappa shape index (κ1) is 21.7. The number of carbonyl (C=O) groups is 1. The maximum atomic E-state index is 13.0. The van der Waals surface area contributed by atoms with Gasteiger partial charge >= 0.3 is 0 Å². The van der Waals surface area contributed by atoms with Gasteiger partial charge in [-0.1, -0.05) is 5.16 Å². The van der Waals surface area contributed by atoms with Crippen molar-refractivity contribution in [2.75, 3.05) is 25.1 Å². The second-order valence-corrected chi connectivity index (χ2v) is 7.46. The Balaban J connectivity index is 0.00000261. The van der Waals surface area contributed by atoms with E-state index in [0.29, 0.717) is 36.8 Å². The summed E-state index contributed by atoms with van der Waals surface area (Å²) in [7, 11) is 0. The second-order valence-electron chi connectivity index (χ2n) is 6.47. The van der Waals surface area contributed by atoms with Crippen LogP contribution in [0.1, 0.15) is 31.1 Å². The van der Waals surface area contributed by atoms with Crippen molar-refractivity contribution in [3.8, 4) is 11.4 Å². The average molecular weight is 415 g/mol. The second kappa shape index (κ2) is 10.1. The normalized spacial score (nSPS) is 18.0. The van der Waals surface area contributed by atoms with Crippen LogP contribution in [0.4, 0.5) is 4.39 Å². The molecule has 27 heavy (non-hydrogen) atoms. The predicted octanol–water partition coefficient (Wildman–Crippen LogP) is 3.08. The van der Waals surface area contributed by atoms with Crippen LogP contribution in [0.5, 0.6) is 0 Å². The molecule has 0 spiro atoms. The molecule has 6 nitrogen and oxygen atoms in total. The van der Waals surface area contributed by atoms with E-state index in [1.54, 1.807) is 28.8 Å². The molecule has 148 valence electrons. The van der Waals surface area contributed by atoms with Crippen LogP contribution in [0, 0.1) is 5.82 Å². The Morgan fingerprint density at radius 1 is 1.44 bits per heavy atom. The van der Waals surface area contributed by atoms with Crippen LogP contribution in [0.3, 0.4) is 0 Å². The van der Waals surface area contributed by atoms with Crippen molar-refractivity contribution in [1.29, 1.82) is 0 Å². The van der Waals surface area contributed by atoms with Gasteiger partial charge in [-0.15, -0.1) is 12.4 Å². The molecular weight excluding hydrogens is 391 g/mol. The summed E-state index contributed by atoms with van der Waals surface area (Å²) in [5, 5.41) is 4.00. The van der Waals surface area contributed by atoms with Crippen molar-refractivity contribution in [3.63, 3.8) is 0 Å². The monoisotopic (exact) mass is 414 g/mol. The number of amides is 1. The van der Waals surface area contributed by atoms with Crippen molar-refractivity contribution < 1.29 is 13.7 Å². The smallest absolute Gasteiger partial charge is 0.239 e. The van der Waals surface area contributed by atoms with Gasteiger partial charge in [0.1, 0.15) is 5.82 Å². The molecule has 1 unspecified atom stereocenters. The first-order chi connectivity index (χ1) is 12.6. The SMILES string of the molecule is CSCC[C@H](N)C(=O)N1CCCC(c2nc(-c3ccc(F)cc3)no2)C1.Cl. The van der Waals surface area contributed by atoms with Crippen LogP contribution in [0.15, 0.2) is 28.8 Å². The Labute approximate surface area is 168 Å². The fraction of sp³-hybridized carbons (Fsp3) is 0.500. The van der Waals surface area contributed by atoms with E-state index >= 15 is 0 Å². The van der Waals surface area contributed by atoms with Gasteiger partial charge in [-0.3, -0.25) is 4.79 Å². The third-order valence-electron chi connectivity index (χ3n) is 4.58. The number of likely N-dealkylation sites (tertiary alicyclic amines) is 1. The lowest BCUT2D eigenvalue weighted by Crippen LogP contribution is -2.47. The quantitative estimate of drug-likeness (QED) is 0.781. The summed E-state index contributed by atoms with van der Waals surface area (Å²) in [6, 6.07) is 5.50. The van der Waals surface area contributed by atoms with Gasteiger partial charge in [0.05, 0.1) is 12.0 Å². The van der Waals surface area contributed by atoms with Crippen LogP contribution >= 0.6 is 24.2 Å². The summed E-state index contributed by atoms with van der Waals surface area (Å²) in [6.45, 7) is 1.25. The molecule has 2 N–H and O–H groups in total. The Hall–Kier alpha value is -1.64. The zero-order chi connectivity index (χ0) is 18.5. The van der Waals surface area contributed by atoms with Crippen LogP contribution < -0.4 is 5.73 Å². The zero-order valence-corrected chi connectivity index (χ0v) is 16.8. The van der Waals surface area contributed by atoms with E-state index < -0.39 is 6.04 Å². The lowest BCUT2D eigenvalue weighted by Gasteiger charge is -2.32. The number of benzene rings is 1. The van der Waals surface area contributed by atoms with E-state index in [1.165, 1.54) is 12.1 Å². The number of nitrogens with two attached hydrogens (primary N) is 1. The molecule has 1 saturated heterocycles. The predicted molar refractivity (Wildman–Crippen MR) is 106 cm³/mol. The summed E-state index contributed by atoms with van der Waals surface area (Å²) in [4.78, 5) is 18.8. The summed E-state index contributed by atoms with van der Waals surface area (Å²) in [5.74, 6) is 1.50. The van der Waals surface area contributed by atoms with Crippen molar-refractivity contribution in [3.05, 3.63) is 36.0 Å². The number of hydrogen-bond donors (Lipinski definition) is 1. The molecular formula is C18H24ClFN4O2S. The zero-order valence-electron chi connectivity index (χ0n) is 15.1. The third-order valence-corrected chi connectivity index (χ3v) is 5.22. The number of piperidine rings is 1. The number of nitrogens with zero attached hydrogens (tertiary/aromatic N) is 3. The van der Waals surface area contributed by atoms with Gasteiger partial charge in [0.25, 0.3) is 0 Å². The van der Waals surface area contributed by atoms with Crippen molar-refractivity contribution in [1.82, 2.24) is 15.0 Å².